The van der Waals surface area contributed by atoms with E-state index in [2.05, 4.69) is 15.5 Å². The number of nitrogens with zero attached hydrogens (tertiary/aromatic N) is 3. The van der Waals surface area contributed by atoms with Crippen molar-refractivity contribution in [2.45, 2.75) is 0 Å². The van der Waals surface area contributed by atoms with Crippen LogP contribution in [0.1, 0.15) is 10.4 Å². The molecule has 0 aliphatic heterocycles. The fraction of sp³-hybridized carbons (Fsp3) is 0.167. The number of hydrogen-bond acceptors (Lipinski definition) is 5. The lowest BCUT2D eigenvalue weighted by Crippen LogP contribution is -2.13. The monoisotopic (exact) mass is 338 g/mol. The summed E-state index contributed by atoms with van der Waals surface area (Å²) in [5, 5.41) is 10.8. The Bertz CT molecular complexity index is 905. The van der Waals surface area contributed by atoms with Crippen molar-refractivity contribution in [3.05, 3.63) is 54.4 Å². The molecule has 0 bridgehead atoms. The van der Waals surface area contributed by atoms with Crippen LogP contribution in [0.25, 0.3) is 11.4 Å². The van der Waals surface area contributed by atoms with E-state index in [0.717, 1.165) is 11.4 Å². The van der Waals surface area contributed by atoms with Gasteiger partial charge in [-0.15, -0.1) is 10.2 Å². The summed E-state index contributed by atoms with van der Waals surface area (Å²) >= 11 is 0. The van der Waals surface area contributed by atoms with E-state index >= 15 is 0 Å². The number of amides is 1. The highest BCUT2D eigenvalue weighted by molar-refractivity contribution is 6.07. The lowest BCUT2D eigenvalue weighted by Gasteiger charge is -2.13. The largest absolute Gasteiger partial charge is 0.493 e. The van der Waals surface area contributed by atoms with E-state index < -0.39 is 0 Å². The van der Waals surface area contributed by atoms with Crippen LogP contribution in [0.3, 0.4) is 0 Å². The summed E-state index contributed by atoms with van der Waals surface area (Å²) in [6, 6.07) is 12.6. The first-order chi connectivity index (χ1) is 12.1. The molecular formula is C18H18N4O3. The number of ether oxygens (including phenoxy) is 2. The number of carbonyl (C=O) groups is 1. The molecule has 0 aliphatic rings. The molecule has 0 unspecified atom stereocenters. The van der Waals surface area contributed by atoms with Crippen LogP contribution in [0.15, 0.2) is 48.8 Å². The van der Waals surface area contributed by atoms with Crippen molar-refractivity contribution in [1.29, 1.82) is 0 Å². The number of carbonyl (C=O) groups excluding carboxylic acids is 1. The van der Waals surface area contributed by atoms with E-state index in [4.69, 9.17) is 9.47 Å². The Hall–Kier alpha value is -3.35. The molecule has 0 fully saturated rings. The van der Waals surface area contributed by atoms with Gasteiger partial charge >= 0.3 is 0 Å². The third-order valence-corrected chi connectivity index (χ3v) is 3.74. The van der Waals surface area contributed by atoms with Gasteiger partial charge in [-0.1, -0.05) is 18.2 Å². The smallest absolute Gasteiger partial charge is 0.259 e. The first kappa shape index (κ1) is 16.5. The van der Waals surface area contributed by atoms with Crippen LogP contribution in [0.5, 0.6) is 11.5 Å². The number of methoxy groups -OCH3 is 2. The predicted octanol–water partition coefficient (Wildman–Crippen LogP) is 2.75. The zero-order valence-electron chi connectivity index (χ0n) is 14.2. The highest BCUT2D eigenvalue weighted by Gasteiger charge is 2.17. The maximum Gasteiger partial charge on any atom is 0.259 e. The van der Waals surface area contributed by atoms with E-state index in [1.807, 2.05) is 35.9 Å². The van der Waals surface area contributed by atoms with Gasteiger partial charge in [0.25, 0.3) is 5.91 Å². The van der Waals surface area contributed by atoms with Crippen LogP contribution in [0, 0.1) is 0 Å². The Kier molecular flexibility index (Phi) is 4.65. The molecule has 0 saturated carbocycles. The van der Waals surface area contributed by atoms with Crippen molar-refractivity contribution in [2.75, 3.05) is 19.5 Å². The summed E-state index contributed by atoms with van der Waals surface area (Å²) in [6.45, 7) is 0. The van der Waals surface area contributed by atoms with Crippen molar-refractivity contribution >= 4 is 11.6 Å². The standard InChI is InChI=1S/C18H18N4O3/c1-22-11-19-21-17(22)12-6-4-7-13(10-12)20-18(23)14-8-5-9-15(24-2)16(14)25-3/h4-11H,1-3H3,(H,20,23). The molecule has 1 heterocycles. The predicted molar refractivity (Wildman–Crippen MR) is 93.9 cm³/mol. The molecule has 2 aromatic carbocycles. The average Bonchev–Trinajstić information content (AvgIpc) is 3.07. The normalized spacial score (nSPS) is 10.4. The Balaban J connectivity index is 1.89. The van der Waals surface area contributed by atoms with Crippen LogP contribution in [-0.2, 0) is 7.05 Å². The number of anilines is 1. The summed E-state index contributed by atoms with van der Waals surface area (Å²) < 4.78 is 12.4. The Morgan fingerprint density at radius 3 is 2.60 bits per heavy atom. The minimum Gasteiger partial charge on any atom is -0.493 e. The number of rotatable bonds is 5. The maximum atomic E-state index is 12.6. The molecule has 7 heteroatoms. The summed E-state index contributed by atoms with van der Waals surface area (Å²) in [5.74, 6) is 1.33. The molecule has 25 heavy (non-hydrogen) atoms. The first-order valence-electron chi connectivity index (χ1n) is 7.61. The fourth-order valence-corrected chi connectivity index (χ4v) is 2.54. The molecule has 0 spiro atoms. The average molecular weight is 338 g/mol. The van der Waals surface area contributed by atoms with E-state index in [0.29, 0.717) is 22.7 Å². The molecule has 1 aromatic heterocycles. The van der Waals surface area contributed by atoms with Crippen LogP contribution in [0.2, 0.25) is 0 Å². The van der Waals surface area contributed by atoms with Gasteiger partial charge in [-0.3, -0.25) is 4.79 Å². The van der Waals surface area contributed by atoms with Crippen molar-refractivity contribution in [2.24, 2.45) is 7.05 Å². The van der Waals surface area contributed by atoms with Crippen molar-refractivity contribution in [3.8, 4) is 22.9 Å². The van der Waals surface area contributed by atoms with Gasteiger partial charge in [-0.05, 0) is 24.3 Å². The summed E-state index contributed by atoms with van der Waals surface area (Å²) in [5.41, 5.74) is 1.90. The highest BCUT2D eigenvalue weighted by Crippen LogP contribution is 2.31. The minimum absolute atomic E-state index is 0.286. The fourth-order valence-electron chi connectivity index (χ4n) is 2.54. The molecule has 1 amide bonds. The Morgan fingerprint density at radius 1 is 1.12 bits per heavy atom. The molecule has 7 nitrogen and oxygen atoms in total. The van der Waals surface area contributed by atoms with Crippen LogP contribution in [-0.4, -0.2) is 34.9 Å². The molecule has 0 aliphatic carbocycles. The van der Waals surface area contributed by atoms with E-state index in [-0.39, 0.29) is 5.91 Å². The molecule has 0 saturated heterocycles. The van der Waals surface area contributed by atoms with Crippen LogP contribution >= 0.6 is 0 Å². The van der Waals surface area contributed by atoms with E-state index in [1.54, 1.807) is 24.5 Å². The van der Waals surface area contributed by atoms with E-state index in [1.165, 1.54) is 14.2 Å². The number of aromatic nitrogens is 3. The zero-order valence-corrected chi connectivity index (χ0v) is 14.2. The number of aryl methyl sites for hydroxylation is 1. The van der Waals surface area contributed by atoms with Crippen molar-refractivity contribution < 1.29 is 14.3 Å². The van der Waals surface area contributed by atoms with Gasteiger partial charge in [0, 0.05) is 18.3 Å². The molecular weight excluding hydrogens is 320 g/mol. The Labute approximate surface area is 145 Å². The second-order valence-electron chi connectivity index (χ2n) is 5.34. The lowest BCUT2D eigenvalue weighted by molar-refractivity contribution is 0.102. The second kappa shape index (κ2) is 7.04. The molecule has 3 rings (SSSR count). The van der Waals surface area contributed by atoms with Gasteiger partial charge in [0.05, 0.1) is 19.8 Å². The highest BCUT2D eigenvalue weighted by atomic mass is 16.5. The maximum absolute atomic E-state index is 12.6. The summed E-state index contributed by atoms with van der Waals surface area (Å²) in [7, 11) is 4.90. The molecule has 1 N–H and O–H groups in total. The van der Waals surface area contributed by atoms with E-state index in [9.17, 15) is 4.79 Å². The summed E-state index contributed by atoms with van der Waals surface area (Å²) in [4.78, 5) is 12.6. The topological polar surface area (TPSA) is 78.3 Å². The van der Waals surface area contributed by atoms with Crippen molar-refractivity contribution in [3.63, 3.8) is 0 Å². The van der Waals surface area contributed by atoms with Gasteiger partial charge in [-0.2, -0.15) is 0 Å². The van der Waals surface area contributed by atoms with Gasteiger partial charge < -0.3 is 19.4 Å². The number of benzene rings is 2. The summed E-state index contributed by atoms with van der Waals surface area (Å²) in [6.07, 6.45) is 1.63. The lowest BCUT2D eigenvalue weighted by atomic mass is 10.1. The van der Waals surface area contributed by atoms with Gasteiger partial charge in [0.15, 0.2) is 17.3 Å². The quantitative estimate of drug-likeness (QED) is 0.774. The van der Waals surface area contributed by atoms with Crippen LogP contribution < -0.4 is 14.8 Å². The zero-order chi connectivity index (χ0) is 17.8. The van der Waals surface area contributed by atoms with Gasteiger partial charge in [0.1, 0.15) is 6.33 Å². The van der Waals surface area contributed by atoms with Crippen LogP contribution in [0.4, 0.5) is 5.69 Å². The molecule has 3 aromatic rings. The van der Waals surface area contributed by atoms with Gasteiger partial charge in [0.2, 0.25) is 0 Å². The number of para-hydroxylation sites is 1. The van der Waals surface area contributed by atoms with Gasteiger partial charge in [-0.25, -0.2) is 0 Å². The first-order valence-corrected chi connectivity index (χ1v) is 7.61. The molecule has 0 radical (unpaired) electrons. The second-order valence-corrected chi connectivity index (χ2v) is 5.34. The van der Waals surface area contributed by atoms with Crippen molar-refractivity contribution in [1.82, 2.24) is 14.8 Å². The Morgan fingerprint density at radius 2 is 1.92 bits per heavy atom. The number of hydrogen-bond donors (Lipinski definition) is 1. The molecule has 0 atom stereocenters. The SMILES string of the molecule is COc1cccc(C(=O)Nc2cccc(-c3nncn3C)c2)c1OC. The molecule has 128 valence electrons. The third-order valence-electron chi connectivity index (χ3n) is 3.74. The minimum atomic E-state index is -0.286. The number of nitrogens with one attached hydrogen (secondary N) is 1. The third kappa shape index (κ3) is 3.30.